The number of rotatable bonds is 6. The third-order valence-corrected chi connectivity index (χ3v) is 6.75. The van der Waals surface area contributed by atoms with Crippen LogP contribution >= 0.6 is 31.9 Å². The van der Waals surface area contributed by atoms with E-state index >= 15 is 0 Å². The zero-order chi connectivity index (χ0) is 25.2. The van der Waals surface area contributed by atoms with E-state index in [1.165, 1.54) is 4.68 Å². The van der Waals surface area contributed by atoms with Crippen LogP contribution in [0.2, 0.25) is 0 Å². The summed E-state index contributed by atoms with van der Waals surface area (Å²) in [5.41, 5.74) is 2.07. The fourth-order valence-electron chi connectivity index (χ4n) is 4.07. The number of ether oxygens (including phenoxy) is 2. The van der Waals surface area contributed by atoms with Crippen molar-refractivity contribution in [2.45, 2.75) is 13.5 Å². The molecule has 36 heavy (non-hydrogen) atoms. The summed E-state index contributed by atoms with van der Waals surface area (Å²) < 4.78 is 14.8. The van der Waals surface area contributed by atoms with Gasteiger partial charge in [-0.15, -0.1) is 0 Å². The normalized spacial score (nSPS) is 11.4. The van der Waals surface area contributed by atoms with Gasteiger partial charge in [0.1, 0.15) is 12.4 Å². The number of halogens is 2. The summed E-state index contributed by atoms with van der Waals surface area (Å²) in [5.74, 6) is 1.56. The number of nitrogens with zero attached hydrogens (tertiary/aromatic N) is 3. The van der Waals surface area contributed by atoms with Gasteiger partial charge in [0.05, 0.1) is 24.2 Å². The van der Waals surface area contributed by atoms with Gasteiger partial charge in [-0.05, 0) is 53.6 Å². The molecule has 1 aromatic heterocycles. The largest absolute Gasteiger partial charge is 0.493 e. The van der Waals surface area contributed by atoms with E-state index in [-0.39, 0.29) is 5.56 Å². The molecule has 6 nitrogen and oxygen atoms in total. The van der Waals surface area contributed by atoms with Crippen molar-refractivity contribution < 1.29 is 9.47 Å². The third-order valence-electron chi connectivity index (χ3n) is 5.80. The molecule has 0 aliphatic rings. The van der Waals surface area contributed by atoms with Crippen molar-refractivity contribution in [1.29, 1.82) is 0 Å². The maximum absolute atomic E-state index is 13.2. The van der Waals surface area contributed by atoms with E-state index in [1.807, 2.05) is 42.5 Å². The monoisotopic (exact) mass is 605 g/mol. The number of hydrogen-bond acceptors (Lipinski definition) is 5. The Labute approximate surface area is 224 Å². The highest BCUT2D eigenvalue weighted by atomic mass is 79.9. The number of methoxy groups -OCH3 is 1. The van der Waals surface area contributed by atoms with E-state index in [9.17, 15) is 4.79 Å². The Kier molecular flexibility index (Phi) is 6.89. The Balaban J connectivity index is 1.55. The SMILES string of the molecule is COc1cc(Br)cc(C=Nn2c(C)nc3ccc(Br)cc3c2=O)c1OCc1cccc2ccccc12. The minimum Gasteiger partial charge on any atom is -0.493 e. The van der Waals surface area contributed by atoms with Gasteiger partial charge in [-0.3, -0.25) is 4.79 Å². The van der Waals surface area contributed by atoms with Crippen molar-refractivity contribution in [1.82, 2.24) is 9.66 Å². The quantitative estimate of drug-likeness (QED) is 0.198. The molecule has 0 spiro atoms. The molecule has 0 radical (unpaired) electrons. The van der Waals surface area contributed by atoms with Crippen molar-refractivity contribution in [3.05, 3.63) is 109 Å². The first-order valence-corrected chi connectivity index (χ1v) is 12.7. The van der Waals surface area contributed by atoms with Crippen LogP contribution in [0.1, 0.15) is 17.0 Å². The van der Waals surface area contributed by atoms with Crippen LogP contribution in [0.4, 0.5) is 0 Å². The van der Waals surface area contributed by atoms with Crippen LogP contribution in [-0.4, -0.2) is 23.0 Å². The van der Waals surface area contributed by atoms with Crippen LogP contribution in [-0.2, 0) is 6.61 Å². The molecular formula is C28H21Br2N3O3. The van der Waals surface area contributed by atoms with Gasteiger partial charge in [0, 0.05) is 14.5 Å². The molecule has 0 unspecified atom stereocenters. The van der Waals surface area contributed by atoms with Gasteiger partial charge in [-0.1, -0.05) is 74.3 Å². The van der Waals surface area contributed by atoms with Crippen LogP contribution in [0.3, 0.4) is 0 Å². The average molecular weight is 607 g/mol. The summed E-state index contributed by atoms with van der Waals surface area (Å²) in [5, 5.41) is 7.23. The Hall–Kier alpha value is -3.49. The van der Waals surface area contributed by atoms with Crippen molar-refractivity contribution >= 4 is 59.7 Å². The molecule has 0 bridgehead atoms. The van der Waals surface area contributed by atoms with E-state index in [0.717, 1.165) is 25.3 Å². The van der Waals surface area contributed by atoms with Gasteiger partial charge in [0.25, 0.3) is 5.56 Å². The predicted octanol–water partition coefficient (Wildman–Crippen LogP) is 6.85. The van der Waals surface area contributed by atoms with Gasteiger partial charge in [0.2, 0.25) is 0 Å². The molecule has 5 aromatic rings. The molecule has 8 heteroatoms. The Morgan fingerprint density at radius 1 is 0.972 bits per heavy atom. The van der Waals surface area contributed by atoms with E-state index in [1.54, 1.807) is 32.4 Å². The molecule has 180 valence electrons. The second kappa shape index (κ2) is 10.2. The van der Waals surface area contributed by atoms with Crippen LogP contribution < -0.4 is 15.0 Å². The Morgan fingerprint density at radius 3 is 2.61 bits per heavy atom. The van der Waals surface area contributed by atoms with Gasteiger partial charge < -0.3 is 9.47 Å². The molecule has 4 aromatic carbocycles. The fourth-order valence-corrected chi connectivity index (χ4v) is 4.89. The van der Waals surface area contributed by atoms with Crippen LogP contribution in [0.5, 0.6) is 11.5 Å². The fraction of sp³-hybridized carbons (Fsp3) is 0.107. The van der Waals surface area contributed by atoms with Crippen molar-refractivity contribution in [2.75, 3.05) is 7.11 Å². The zero-order valence-electron chi connectivity index (χ0n) is 19.5. The van der Waals surface area contributed by atoms with Crippen molar-refractivity contribution in [3.63, 3.8) is 0 Å². The molecule has 0 aliphatic heterocycles. The Bertz CT molecular complexity index is 1690. The summed E-state index contributed by atoms with van der Waals surface area (Å²) >= 11 is 6.95. The number of aromatic nitrogens is 2. The smallest absolute Gasteiger partial charge is 0.282 e. The summed E-state index contributed by atoms with van der Waals surface area (Å²) in [4.78, 5) is 17.7. The van der Waals surface area contributed by atoms with Crippen LogP contribution in [0, 0.1) is 6.92 Å². The second-order valence-electron chi connectivity index (χ2n) is 8.14. The molecule has 0 amide bonds. The lowest BCUT2D eigenvalue weighted by Crippen LogP contribution is -2.20. The Morgan fingerprint density at radius 2 is 1.78 bits per heavy atom. The highest BCUT2D eigenvalue weighted by Gasteiger charge is 2.14. The highest BCUT2D eigenvalue weighted by Crippen LogP contribution is 2.35. The van der Waals surface area contributed by atoms with Crippen LogP contribution in [0.15, 0.2) is 91.6 Å². The predicted molar refractivity (Wildman–Crippen MR) is 150 cm³/mol. The zero-order valence-corrected chi connectivity index (χ0v) is 22.7. The maximum Gasteiger partial charge on any atom is 0.282 e. The number of fused-ring (bicyclic) bond motifs is 2. The number of aryl methyl sites for hydroxylation is 1. The standard InChI is InChI=1S/C28H21Br2N3O3/c1-17-32-25-11-10-21(29)13-24(25)28(34)33(17)31-15-20-12-22(30)14-26(35-2)27(20)36-16-19-8-5-7-18-6-3-4-9-23(18)19/h3-15H,16H2,1-2H3. The molecular weight excluding hydrogens is 586 g/mol. The van der Waals surface area contributed by atoms with Gasteiger partial charge in [-0.2, -0.15) is 9.78 Å². The lowest BCUT2D eigenvalue weighted by atomic mass is 10.1. The summed E-state index contributed by atoms with van der Waals surface area (Å²) in [6.45, 7) is 2.09. The first-order valence-electron chi connectivity index (χ1n) is 11.1. The van der Waals surface area contributed by atoms with Crippen molar-refractivity contribution in [3.8, 4) is 11.5 Å². The minimum absolute atomic E-state index is 0.254. The molecule has 0 saturated carbocycles. The molecule has 0 saturated heterocycles. The van der Waals surface area contributed by atoms with Gasteiger partial charge >= 0.3 is 0 Å². The lowest BCUT2D eigenvalue weighted by Gasteiger charge is -2.15. The number of hydrogen-bond donors (Lipinski definition) is 0. The van der Waals surface area contributed by atoms with E-state index in [0.29, 0.717) is 40.4 Å². The number of benzene rings is 4. The lowest BCUT2D eigenvalue weighted by molar-refractivity contribution is 0.285. The van der Waals surface area contributed by atoms with E-state index in [2.05, 4.69) is 60.1 Å². The molecule has 0 N–H and O–H groups in total. The molecule has 0 fully saturated rings. The summed E-state index contributed by atoms with van der Waals surface area (Å²) in [6, 6.07) is 23.4. The summed E-state index contributed by atoms with van der Waals surface area (Å²) in [7, 11) is 1.59. The van der Waals surface area contributed by atoms with Crippen LogP contribution in [0.25, 0.3) is 21.7 Å². The molecule has 5 rings (SSSR count). The third kappa shape index (κ3) is 4.79. The van der Waals surface area contributed by atoms with E-state index < -0.39 is 0 Å². The molecule has 1 heterocycles. The highest BCUT2D eigenvalue weighted by molar-refractivity contribution is 9.10. The van der Waals surface area contributed by atoms with Gasteiger partial charge in [0.15, 0.2) is 11.5 Å². The topological polar surface area (TPSA) is 65.7 Å². The maximum atomic E-state index is 13.2. The summed E-state index contributed by atoms with van der Waals surface area (Å²) in [6.07, 6.45) is 1.59. The second-order valence-corrected chi connectivity index (χ2v) is 9.97. The van der Waals surface area contributed by atoms with Gasteiger partial charge in [-0.25, -0.2) is 4.98 Å². The average Bonchev–Trinajstić information content (AvgIpc) is 2.88. The van der Waals surface area contributed by atoms with Crippen molar-refractivity contribution in [2.24, 2.45) is 5.10 Å². The molecule has 0 aliphatic carbocycles. The first kappa shape index (κ1) is 24.2. The van der Waals surface area contributed by atoms with E-state index in [4.69, 9.17) is 9.47 Å². The first-order chi connectivity index (χ1) is 17.4. The molecule has 0 atom stereocenters. The minimum atomic E-state index is -0.254.